The van der Waals surface area contributed by atoms with E-state index < -0.39 is 0 Å². The van der Waals surface area contributed by atoms with Gasteiger partial charge in [-0.25, -0.2) is 14.5 Å². The second-order valence-corrected chi connectivity index (χ2v) is 15.8. The van der Waals surface area contributed by atoms with Crippen LogP contribution in [0, 0.1) is 0 Å². The summed E-state index contributed by atoms with van der Waals surface area (Å²) in [6, 6.07) is 76.9. The van der Waals surface area contributed by atoms with Crippen molar-refractivity contribution in [1.82, 2.24) is 19.6 Å². The van der Waals surface area contributed by atoms with Crippen molar-refractivity contribution in [3.8, 4) is 89.8 Å². The fourth-order valence-corrected chi connectivity index (χ4v) is 8.96. The summed E-state index contributed by atoms with van der Waals surface area (Å²) in [5.74, 6) is 0.661. The van der Waals surface area contributed by atoms with Crippen molar-refractivity contribution in [2.24, 2.45) is 0 Å². The van der Waals surface area contributed by atoms with Crippen molar-refractivity contribution in [3.05, 3.63) is 218 Å². The topological polar surface area (TPSA) is 55.1 Å². The number of fused-ring (bicyclic) bond motifs is 9. The minimum Gasteiger partial charge on any atom is -0.355 e. The van der Waals surface area contributed by atoms with Gasteiger partial charge < -0.3 is 5.32 Å². The van der Waals surface area contributed by atoms with Crippen LogP contribution in [-0.2, 0) is 0 Å². The van der Waals surface area contributed by atoms with Gasteiger partial charge in [-0.3, -0.25) is 0 Å². The molecule has 0 aliphatic carbocycles. The van der Waals surface area contributed by atoms with E-state index >= 15 is 0 Å². The van der Waals surface area contributed by atoms with Gasteiger partial charge in [0.1, 0.15) is 5.69 Å². The number of nitrogens with one attached hydrogen (secondary N) is 1. The zero-order chi connectivity index (χ0) is 41.0. The van der Waals surface area contributed by atoms with Crippen LogP contribution in [0.5, 0.6) is 0 Å². The Morgan fingerprint density at radius 2 is 0.887 bits per heavy atom. The molecule has 0 saturated heterocycles. The van der Waals surface area contributed by atoms with Crippen LogP contribution in [0.2, 0.25) is 0 Å². The van der Waals surface area contributed by atoms with Gasteiger partial charge in [-0.15, -0.1) is 0 Å². The van der Waals surface area contributed by atoms with Gasteiger partial charge >= 0.3 is 0 Å². The van der Waals surface area contributed by atoms with E-state index in [2.05, 4.69) is 222 Å². The third kappa shape index (κ3) is 6.14. The number of pyridine rings is 1. The molecule has 0 fully saturated rings. The maximum absolute atomic E-state index is 5.41. The van der Waals surface area contributed by atoms with Crippen LogP contribution >= 0.6 is 0 Å². The maximum atomic E-state index is 5.41. The lowest BCUT2D eigenvalue weighted by Crippen LogP contribution is -2.00. The average molecular weight is 792 g/mol. The normalized spacial score (nSPS) is 11.7. The summed E-state index contributed by atoms with van der Waals surface area (Å²) in [5.41, 5.74) is 18.8. The van der Waals surface area contributed by atoms with E-state index in [1.165, 1.54) is 0 Å². The standard InChI is InChI=1S/C57H37N5/c1-4-16-37(17-5-1)51-36-52(45-33-43-32-44(34-45)47-24-13-15-27-50(47)58-49-26-14-12-23-46(43)49)60-57(59-51)41-30-28-39(29-31-41)54-55(40-20-8-3-9-21-40)61-62-53(38-18-6-2-7-19-38)35-42-22-10-11-25-48(42)56(54)62/h1-36,58H. The highest BCUT2D eigenvalue weighted by molar-refractivity contribution is 6.08. The molecule has 0 unspecified atom stereocenters. The molecule has 0 saturated carbocycles. The Morgan fingerprint density at radius 3 is 1.55 bits per heavy atom. The second-order valence-electron chi connectivity index (χ2n) is 15.8. The fourth-order valence-electron chi connectivity index (χ4n) is 8.96. The first kappa shape index (κ1) is 35.5. The summed E-state index contributed by atoms with van der Waals surface area (Å²) in [6.07, 6.45) is 0. The number of para-hydroxylation sites is 2. The number of aromatic nitrogens is 4. The molecule has 0 atom stereocenters. The number of rotatable bonds is 6. The SMILES string of the molecule is c1ccc(-c2cc(-c3cc4cc(c3)-c3ccccc3Nc3ccccc3-4)nc(-c3ccc(-c4c(-c5ccccc5)nn5c(-c6ccccc6)cc6ccccc6c45)cc3)n2)cc1. The minimum atomic E-state index is 0.661. The maximum Gasteiger partial charge on any atom is 0.160 e. The first-order valence-corrected chi connectivity index (χ1v) is 20.9. The number of hydrogen-bond donors (Lipinski definition) is 1. The Kier molecular flexibility index (Phi) is 8.42. The fraction of sp³-hybridized carbons (Fsp3) is 0. The van der Waals surface area contributed by atoms with Crippen LogP contribution in [0.4, 0.5) is 11.4 Å². The van der Waals surface area contributed by atoms with Gasteiger partial charge in [-0.05, 0) is 64.5 Å². The molecule has 0 amide bonds. The van der Waals surface area contributed by atoms with Gasteiger partial charge in [0.05, 0.1) is 22.6 Å². The van der Waals surface area contributed by atoms with Gasteiger partial charge in [0, 0.05) is 61.3 Å². The molecule has 0 spiro atoms. The highest BCUT2D eigenvalue weighted by Crippen LogP contribution is 2.44. The molecule has 4 heterocycles. The molecule has 1 aliphatic rings. The molecule has 1 N–H and O–H groups in total. The first-order chi connectivity index (χ1) is 30.7. The van der Waals surface area contributed by atoms with Crippen molar-refractivity contribution in [3.63, 3.8) is 0 Å². The second kappa shape index (κ2) is 14.7. The number of hydrogen-bond acceptors (Lipinski definition) is 4. The average Bonchev–Trinajstić information content (AvgIpc) is 3.76. The molecule has 11 aromatic rings. The predicted molar refractivity (Wildman–Crippen MR) is 255 cm³/mol. The van der Waals surface area contributed by atoms with Crippen LogP contribution in [-0.4, -0.2) is 19.6 Å². The molecule has 1 aliphatic heterocycles. The van der Waals surface area contributed by atoms with Crippen LogP contribution < -0.4 is 5.32 Å². The quantitative estimate of drug-likeness (QED) is 0.182. The van der Waals surface area contributed by atoms with Crippen molar-refractivity contribution >= 4 is 27.7 Å². The molecule has 5 heteroatoms. The summed E-state index contributed by atoms with van der Waals surface area (Å²) in [4.78, 5) is 10.6. The molecular weight excluding hydrogens is 755 g/mol. The summed E-state index contributed by atoms with van der Waals surface area (Å²) < 4.78 is 2.14. The molecule has 2 bridgehead atoms. The minimum absolute atomic E-state index is 0.661. The number of nitrogens with zero attached hydrogens (tertiary/aromatic N) is 4. The van der Waals surface area contributed by atoms with Gasteiger partial charge in [0.2, 0.25) is 0 Å². The highest BCUT2D eigenvalue weighted by Gasteiger charge is 2.23. The molecule has 0 radical (unpaired) electrons. The summed E-state index contributed by atoms with van der Waals surface area (Å²) in [7, 11) is 0. The van der Waals surface area contributed by atoms with E-state index in [-0.39, 0.29) is 0 Å². The molecule has 290 valence electrons. The van der Waals surface area contributed by atoms with Crippen LogP contribution in [0.3, 0.4) is 0 Å². The van der Waals surface area contributed by atoms with E-state index in [4.69, 9.17) is 15.1 Å². The van der Waals surface area contributed by atoms with Crippen LogP contribution in [0.1, 0.15) is 0 Å². The highest BCUT2D eigenvalue weighted by atomic mass is 15.2. The van der Waals surface area contributed by atoms with Crippen LogP contribution in [0.25, 0.3) is 106 Å². The number of benzene rings is 8. The molecular formula is C57H37N5. The first-order valence-electron chi connectivity index (χ1n) is 20.9. The lowest BCUT2D eigenvalue weighted by molar-refractivity contribution is 0.979. The van der Waals surface area contributed by atoms with E-state index in [1.54, 1.807) is 0 Å². The monoisotopic (exact) mass is 791 g/mol. The lowest BCUT2D eigenvalue weighted by Gasteiger charge is -2.21. The smallest absolute Gasteiger partial charge is 0.160 e. The van der Waals surface area contributed by atoms with E-state index in [0.29, 0.717) is 5.82 Å². The predicted octanol–water partition coefficient (Wildman–Crippen LogP) is 14.7. The van der Waals surface area contributed by atoms with Gasteiger partial charge in [-0.2, -0.15) is 5.10 Å². The van der Waals surface area contributed by atoms with Gasteiger partial charge in [-0.1, -0.05) is 176 Å². The van der Waals surface area contributed by atoms with Gasteiger partial charge in [0.25, 0.3) is 0 Å². The Labute approximate surface area is 359 Å². The molecule has 12 rings (SSSR count). The summed E-state index contributed by atoms with van der Waals surface area (Å²) in [5, 5.41) is 11.4. The molecule has 5 nitrogen and oxygen atoms in total. The Morgan fingerprint density at radius 1 is 0.371 bits per heavy atom. The molecule has 3 aromatic heterocycles. The lowest BCUT2D eigenvalue weighted by atomic mass is 9.91. The third-order valence-corrected chi connectivity index (χ3v) is 11.9. The van der Waals surface area contributed by atoms with E-state index in [0.717, 1.165) is 112 Å². The third-order valence-electron chi connectivity index (χ3n) is 11.9. The largest absolute Gasteiger partial charge is 0.355 e. The van der Waals surface area contributed by atoms with Crippen molar-refractivity contribution < 1.29 is 0 Å². The van der Waals surface area contributed by atoms with Crippen molar-refractivity contribution in [2.45, 2.75) is 0 Å². The molecule has 62 heavy (non-hydrogen) atoms. The number of anilines is 2. The summed E-state index contributed by atoms with van der Waals surface area (Å²) in [6.45, 7) is 0. The summed E-state index contributed by atoms with van der Waals surface area (Å²) >= 11 is 0. The zero-order valence-corrected chi connectivity index (χ0v) is 33.6. The van der Waals surface area contributed by atoms with Gasteiger partial charge in [0.15, 0.2) is 5.82 Å². The van der Waals surface area contributed by atoms with Crippen molar-refractivity contribution in [1.29, 1.82) is 0 Å². The van der Waals surface area contributed by atoms with Crippen LogP contribution in [0.15, 0.2) is 218 Å². The van der Waals surface area contributed by atoms with E-state index in [9.17, 15) is 0 Å². The Bertz CT molecular complexity index is 3400. The zero-order valence-electron chi connectivity index (χ0n) is 33.6. The Balaban J connectivity index is 1.04. The molecule has 8 aromatic carbocycles. The van der Waals surface area contributed by atoms with Crippen molar-refractivity contribution in [2.75, 3.05) is 5.32 Å². The van der Waals surface area contributed by atoms with E-state index in [1.807, 2.05) is 6.07 Å². The Hall–Kier alpha value is -8.41.